The second kappa shape index (κ2) is 9.11. The first-order valence-corrected chi connectivity index (χ1v) is 8.06. The van der Waals surface area contributed by atoms with Gasteiger partial charge in [0, 0.05) is 6.07 Å². The minimum Gasteiger partial charge on any atom is -0.421 e. The molecule has 0 aromatic heterocycles. The van der Waals surface area contributed by atoms with Gasteiger partial charge in [-0.2, -0.15) is 22.0 Å². The lowest BCUT2D eigenvalue weighted by Crippen LogP contribution is -2.50. The molecule has 2 N–H and O–H groups in total. The molecule has 0 radical (unpaired) electrons. The zero-order chi connectivity index (χ0) is 25.3. The van der Waals surface area contributed by atoms with Crippen LogP contribution in [0.5, 0.6) is 5.75 Å². The Morgan fingerprint density at radius 1 is 0.879 bits per heavy atom. The number of halogens is 11. The molecule has 3 amide bonds. The summed E-state index contributed by atoms with van der Waals surface area (Å²) < 4.78 is 148. The number of alkyl halides is 6. The van der Waals surface area contributed by atoms with Crippen molar-refractivity contribution in [1.29, 1.82) is 0 Å². The highest BCUT2D eigenvalue weighted by Crippen LogP contribution is 2.42. The van der Waals surface area contributed by atoms with Crippen LogP contribution in [0.25, 0.3) is 0 Å². The van der Waals surface area contributed by atoms with Gasteiger partial charge in [-0.15, -0.1) is 0 Å². The van der Waals surface area contributed by atoms with Crippen LogP contribution in [-0.2, 0) is 0 Å². The number of hydrogen-bond acceptors (Lipinski definition) is 3. The van der Waals surface area contributed by atoms with E-state index < -0.39 is 76.5 Å². The topological polar surface area (TPSA) is 67.4 Å². The third kappa shape index (κ3) is 5.09. The van der Waals surface area contributed by atoms with Gasteiger partial charge in [-0.1, -0.05) is 6.07 Å². The molecular weight excluding hydrogens is 489 g/mol. The van der Waals surface area contributed by atoms with E-state index in [1.807, 2.05) is 0 Å². The lowest BCUT2D eigenvalue weighted by atomic mass is 10.2. The summed E-state index contributed by atoms with van der Waals surface area (Å²) in [5.41, 5.74) is -2.79. The fourth-order valence-corrected chi connectivity index (χ4v) is 2.12. The molecule has 0 saturated carbocycles. The van der Waals surface area contributed by atoms with Crippen molar-refractivity contribution in [3.05, 3.63) is 58.9 Å². The second-order valence-corrected chi connectivity index (χ2v) is 5.91. The van der Waals surface area contributed by atoms with Crippen LogP contribution >= 0.6 is 0 Å². The molecule has 0 aliphatic carbocycles. The maximum Gasteiger partial charge on any atom is 0.470 e. The highest BCUT2D eigenvalue weighted by atomic mass is 19.3. The number of imide groups is 1. The third-order valence-corrected chi connectivity index (χ3v) is 3.67. The van der Waals surface area contributed by atoms with E-state index in [0.717, 1.165) is 6.07 Å². The van der Waals surface area contributed by atoms with E-state index in [1.165, 1.54) is 10.6 Å². The van der Waals surface area contributed by atoms with E-state index in [1.54, 1.807) is 0 Å². The third-order valence-electron chi connectivity index (χ3n) is 3.67. The summed E-state index contributed by atoms with van der Waals surface area (Å²) in [6, 6.07) is 0.00693. The molecule has 0 spiro atoms. The number of ether oxygens (including phenoxy) is 1. The van der Waals surface area contributed by atoms with E-state index in [2.05, 4.69) is 4.74 Å². The first-order chi connectivity index (χ1) is 15.1. The van der Waals surface area contributed by atoms with E-state index in [4.69, 9.17) is 0 Å². The number of rotatable bonds is 6. The van der Waals surface area contributed by atoms with E-state index in [0.29, 0.717) is 12.1 Å². The molecule has 16 heteroatoms. The molecule has 0 aliphatic heterocycles. The highest BCUT2D eigenvalue weighted by Gasteiger charge is 2.66. The van der Waals surface area contributed by atoms with E-state index in [9.17, 15) is 57.9 Å². The largest absolute Gasteiger partial charge is 0.470 e. The number of benzene rings is 2. The minimum absolute atomic E-state index is 0.294. The number of urea groups is 1. The molecule has 5 nitrogen and oxygen atoms in total. The zero-order valence-corrected chi connectivity index (χ0v) is 15.3. The van der Waals surface area contributed by atoms with Crippen LogP contribution in [0.15, 0.2) is 24.3 Å². The fraction of sp³-hybridized carbons (Fsp3) is 0.176. The van der Waals surface area contributed by atoms with Gasteiger partial charge in [0.05, 0.1) is 5.69 Å². The molecule has 0 fully saturated rings. The van der Waals surface area contributed by atoms with Crippen molar-refractivity contribution >= 4 is 17.6 Å². The molecular formula is C17H7F11N2O3. The Morgan fingerprint density at radius 3 is 1.94 bits per heavy atom. The normalized spacial score (nSPS) is 12.0. The van der Waals surface area contributed by atoms with Crippen molar-refractivity contribution in [3.63, 3.8) is 0 Å². The lowest BCUT2D eigenvalue weighted by molar-refractivity contribution is -0.343. The van der Waals surface area contributed by atoms with Crippen molar-refractivity contribution in [3.8, 4) is 5.75 Å². The van der Waals surface area contributed by atoms with Gasteiger partial charge >= 0.3 is 24.5 Å². The van der Waals surface area contributed by atoms with Crippen molar-refractivity contribution in [1.82, 2.24) is 5.32 Å². The molecule has 2 aromatic carbocycles. The maximum atomic E-state index is 14.0. The van der Waals surface area contributed by atoms with E-state index in [-0.39, 0.29) is 6.07 Å². The van der Waals surface area contributed by atoms with Crippen LogP contribution in [-0.4, -0.2) is 30.4 Å². The zero-order valence-electron chi connectivity index (χ0n) is 15.3. The quantitative estimate of drug-likeness (QED) is 0.426. The number of amides is 3. The molecule has 2 rings (SSSR count). The number of carbonyl (C=O) groups excluding carboxylic acids is 2. The number of anilines is 1. The van der Waals surface area contributed by atoms with Gasteiger partial charge in [-0.3, -0.25) is 10.1 Å². The minimum atomic E-state index is -6.23. The molecule has 0 heterocycles. The van der Waals surface area contributed by atoms with Crippen LogP contribution in [0.2, 0.25) is 0 Å². The van der Waals surface area contributed by atoms with Gasteiger partial charge in [0.25, 0.3) is 5.91 Å². The Morgan fingerprint density at radius 2 is 1.42 bits per heavy atom. The first-order valence-electron chi connectivity index (χ1n) is 8.06. The van der Waals surface area contributed by atoms with E-state index >= 15 is 0 Å². The van der Waals surface area contributed by atoms with Gasteiger partial charge < -0.3 is 10.1 Å². The lowest BCUT2D eigenvalue weighted by Gasteiger charge is -2.26. The van der Waals surface area contributed by atoms with Crippen LogP contribution < -0.4 is 15.4 Å². The summed E-state index contributed by atoms with van der Waals surface area (Å²) in [5, 5.41) is 2.55. The van der Waals surface area contributed by atoms with Gasteiger partial charge in [-0.05, 0) is 12.1 Å². The average Bonchev–Trinajstić information content (AvgIpc) is 2.68. The molecule has 0 saturated heterocycles. The summed E-state index contributed by atoms with van der Waals surface area (Å²) in [6.45, 7) is 0. The molecule has 0 aliphatic rings. The number of hydrogen-bond donors (Lipinski definition) is 2. The maximum absolute atomic E-state index is 14.0. The van der Waals surface area contributed by atoms with Gasteiger partial charge in [0.15, 0.2) is 11.6 Å². The Hall–Kier alpha value is -3.59. The molecule has 0 unspecified atom stereocenters. The molecule has 2 aromatic rings. The van der Waals surface area contributed by atoms with Crippen molar-refractivity contribution in [2.75, 3.05) is 5.32 Å². The van der Waals surface area contributed by atoms with Crippen LogP contribution in [0.1, 0.15) is 10.4 Å². The summed E-state index contributed by atoms with van der Waals surface area (Å²) in [5.74, 6) is -20.9. The van der Waals surface area contributed by atoms with Crippen molar-refractivity contribution < 1.29 is 62.6 Å². The van der Waals surface area contributed by atoms with Gasteiger partial charge in [0.2, 0.25) is 11.6 Å². The first kappa shape index (κ1) is 25.7. The van der Waals surface area contributed by atoms with Crippen molar-refractivity contribution in [2.24, 2.45) is 0 Å². The van der Waals surface area contributed by atoms with Gasteiger partial charge in [0.1, 0.15) is 17.2 Å². The van der Waals surface area contributed by atoms with Crippen molar-refractivity contribution in [2.45, 2.75) is 18.5 Å². The average molecular weight is 496 g/mol. The smallest absolute Gasteiger partial charge is 0.421 e. The standard InChI is InChI=1S/C17H7F11N2O3/c18-5-2-1-3-6(19)9(5)13(31)30-15(32)29-8-4-7(20)12(11(22)10(8)21)33-17(27,28)16(25,26)14(23)24/h1-4,14H,(H2,29,30,31,32). The number of carbonyl (C=O) groups is 2. The van der Waals surface area contributed by atoms with Crippen LogP contribution in [0.3, 0.4) is 0 Å². The summed E-state index contributed by atoms with van der Waals surface area (Å²) >= 11 is 0. The Labute approximate surface area is 175 Å². The van der Waals surface area contributed by atoms with Crippen LogP contribution in [0.4, 0.5) is 58.8 Å². The highest BCUT2D eigenvalue weighted by molar-refractivity contribution is 6.08. The Bertz CT molecular complexity index is 1070. The summed E-state index contributed by atoms with van der Waals surface area (Å²) in [6.07, 6.45) is -11.2. The van der Waals surface area contributed by atoms with Gasteiger partial charge in [-0.25, -0.2) is 31.1 Å². The molecule has 0 atom stereocenters. The summed E-state index contributed by atoms with van der Waals surface area (Å²) in [4.78, 5) is 23.4. The second-order valence-electron chi connectivity index (χ2n) is 5.91. The Balaban J connectivity index is 2.27. The SMILES string of the molecule is O=C(NC(=O)c1c(F)cccc1F)Nc1cc(F)c(OC(F)(F)C(F)(F)C(F)F)c(F)c1F. The Kier molecular flexibility index (Phi) is 7.08. The molecule has 0 bridgehead atoms. The number of nitrogens with one attached hydrogen (secondary N) is 2. The molecule has 180 valence electrons. The predicted molar refractivity (Wildman–Crippen MR) is 85.7 cm³/mol. The molecule has 33 heavy (non-hydrogen) atoms. The fourth-order valence-electron chi connectivity index (χ4n) is 2.12. The van der Waals surface area contributed by atoms with Crippen LogP contribution in [0, 0.1) is 29.1 Å². The summed E-state index contributed by atoms with van der Waals surface area (Å²) in [7, 11) is 0. The predicted octanol–water partition coefficient (Wildman–Crippen LogP) is 5.22. The monoisotopic (exact) mass is 496 g/mol.